The maximum absolute atomic E-state index is 11.8. The molecule has 220 valence electrons. The zero-order chi connectivity index (χ0) is 29.6. The summed E-state index contributed by atoms with van der Waals surface area (Å²) in [7, 11) is 0. The topological polar surface area (TPSA) is 97.6 Å². The summed E-state index contributed by atoms with van der Waals surface area (Å²) in [6.45, 7) is 5.43. The molecule has 1 aliphatic rings. The van der Waals surface area contributed by atoms with Crippen LogP contribution in [0.25, 0.3) is 11.1 Å². The lowest BCUT2D eigenvalue weighted by Gasteiger charge is -2.41. The normalized spacial score (nSPS) is 20.3. The molecule has 3 N–H and O–H groups in total. The first-order valence-corrected chi connectivity index (χ1v) is 14.7. The predicted octanol–water partition coefficient (Wildman–Crippen LogP) is 6.66. The van der Waals surface area contributed by atoms with E-state index in [1.54, 1.807) is 10.9 Å². The van der Waals surface area contributed by atoms with E-state index in [1.165, 1.54) is 0 Å². The number of amides is 2. The summed E-state index contributed by atoms with van der Waals surface area (Å²) in [5.41, 5.74) is 5.81. The van der Waals surface area contributed by atoms with E-state index in [9.17, 15) is 9.90 Å². The van der Waals surface area contributed by atoms with Gasteiger partial charge in [0.1, 0.15) is 5.15 Å². The van der Waals surface area contributed by atoms with Crippen LogP contribution < -0.4 is 10.6 Å². The summed E-state index contributed by atoms with van der Waals surface area (Å²) in [5.74, 6) is -0.0199. The van der Waals surface area contributed by atoms with E-state index in [0.717, 1.165) is 33.4 Å². The number of benzene rings is 3. The first kappa shape index (κ1) is 30.1. The van der Waals surface area contributed by atoms with Crippen molar-refractivity contribution >= 4 is 29.2 Å². The van der Waals surface area contributed by atoms with E-state index in [2.05, 4.69) is 28.6 Å². The van der Waals surface area contributed by atoms with Crippen LogP contribution in [0.3, 0.4) is 0 Å². The number of carbonyl (C=O) groups excluding carboxylic acids is 1. The number of imidazole rings is 1. The SMILES string of the molecule is CCNC(=O)NCc1cccc(-c2ccc([C@@H]3O[C@H](Cn4cnc(Cl)c4Cl)[C@H](C)[C@H](c4ccc(CO)cc4)O3)cc2)c1. The third-order valence-corrected chi connectivity index (χ3v) is 8.24. The molecular formula is C32H34Cl2N4O4. The number of aromatic nitrogens is 2. The lowest BCUT2D eigenvalue weighted by molar-refractivity contribution is -0.276. The fourth-order valence-corrected chi connectivity index (χ4v) is 5.40. The summed E-state index contributed by atoms with van der Waals surface area (Å²) >= 11 is 12.5. The Morgan fingerprint density at radius 2 is 1.69 bits per heavy atom. The first-order chi connectivity index (χ1) is 20.4. The van der Waals surface area contributed by atoms with Crippen molar-refractivity contribution < 1.29 is 19.4 Å². The Kier molecular flexibility index (Phi) is 9.82. The second-order valence-corrected chi connectivity index (χ2v) is 11.1. The van der Waals surface area contributed by atoms with Crippen molar-refractivity contribution in [3.8, 4) is 11.1 Å². The molecule has 1 fully saturated rings. The van der Waals surface area contributed by atoms with Gasteiger partial charge in [-0.15, -0.1) is 0 Å². The average molecular weight is 610 g/mol. The van der Waals surface area contributed by atoms with Crippen molar-refractivity contribution in [2.45, 2.75) is 52.0 Å². The highest BCUT2D eigenvalue weighted by Gasteiger charge is 2.38. The van der Waals surface area contributed by atoms with Gasteiger partial charge in [0, 0.05) is 24.6 Å². The smallest absolute Gasteiger partial charge is 0.315 e. The Bertz CT molecular complexity index is 1490. The van der Waals surface area contributed by atoms with Gasteiger partial charge in [0.05, 0.1) is 31.7 Å². The Morgan fingerprint density at radius 1 is 0.952 bits per heavy atom. The summed E-state index contributed by atoms with van der Waals surface area (Å²) in [6.07, 6.45) is 0.495. The van der Waals surface area contributed by atoms with Crippen LogP contribution in [0, 0.1) is 5.92 Å². The van der Waals surface area contributed by atoms with Gasteiger partial charge < -0.3 is 29.8 Å². The molecule has 1 saturated heterocycles. The molecule has 0 bridgehead atoms. The molecule has 5 rings (SSSR count). The van der Waals surface area contributed by atoms with Crippen molar-refractivity contribution in [3.63, 3.8) is 0 Å². The molecule has 1 aliphatic heterocycles. The molecular weight excluding hydrogens is 575 g/mol. The molecule has 2 amide bonds. The van der Waals surface area contributed by atoms with Crippen LogP contribution in [0.4, 0.5) is 4.79 Å². The molecule has 0 spiro atoms. The lowest BCUT2D eigenvalue weighted by atomic mass is 9.90. The second-order valence-electron chi connectivity index (χ2n) is 10.3. The molecule has 0 aliphatic carbocycles. The molecule has 0 saturated carbocycles. The minimum Gasteiger partial charge on any atom is -0.392 e. The number of rotatable bonds is 9. The van der Waals surface area contributed by atoms with Crippen molar-refractivity contribution in [2.24, 2.45) is 5.92 Å². The van der Waals surface area contributed by atoms with Gasteiger partial charge in [0.15, 0.2) is 11.4 Å². The van der Waals surface area contributed by atoms with Gasteiger partial charge in [-0.25, -0.2) is 9.78 Å². The van der Waals surface area contributed by atoms with E-state index >= 15 is 0 Å². The van der Waals surface area contributed by atoms with Crippen LogP contribution in [0.2, 0.25) is 10.3 Å². The summed E-state index contributed by atoms with van der Waals surface area (Å²) in [5, 5.41) is 15.7. The Balaban J connectivity index is 1.37. The molecule has 42 heavy (non-hydrogen) atoms. The van der Waals surface area contributed by atoms with Crippen LogP contribution >= 0.6 is 23.2 Å². The zero-order valence-corrected chi connectivity index (χ0v) is 25.0. The Hall–Kier alpha value is -3.40. The maximum atomic E-state index is 11.8. The van der Waals surface area contributed by atoms with Crippen molar-refractivity contribution in [2.75, 3.05) is 6.54 Å². The molecule has 0 radical (unpaired) electrons. The fraction of sp³-hybridized carbons (Fsp3) is 0.312. The van der Waals surface area contributed by atoms with E-state index in [1.807, 2.05) is 73.7 Å². The van der Waals surface area contributed by atoms with Gasteiger partial charge >= 0.3 is 6.03 Å². The molecule has 10 heteroatoms. The number of urea groups is 1. The summed E-state index contributed by atoms with van der Waals surface area (Å²) < 4.78 is 14.9. The number of hydrogen-bond donors (Lipinski definition) is 3. The lowest BCUT2D eigenvalue weighted by Crippen LogP contribution is -2.39. The van der Waals surface area contributed by atoms with Crippen molar-refractivity contribution in [3.05, 3.63) is 112 Å². The van der Waals surface area contributed by atoms with Gasteiger partial charge in [0.25, 0.3) is 0 Å². The van der Waals surface area contributed by atoms with Crippen LogP contribution in [-0.4, -0.2) is 33.3 Å². The minimum absolute atomic E-state index is 0.0183. The standard InChI is InChI=1S/C32H34Cl2N4O4/c1-3-35-32(40)36-16-22-5-4-6-26(15-22)23-11-13-25(14-12-23)31-41-27(17-38-19-37-29(33)30(38)34)20(2)28(42-31)24-9-7-21(18-39)8-10-24/h4-15,19-20,27-28,31,39H,3,16-18H2,1-2H3,(H2,35,36,40)/t20-,27+,28+,31+/m0/s1. The van der Waals surface area contributed by atoms with Gasteiger partial charge in [-0.2, -0.15) is 0 Å². The molecule has 2 heterocycles. The number of nitrogens with one attached hydrogen (secondary N) is 2. The third kappa shape index (κ3) is 6.97. The fourth-order valence-electron chi connectivity index (χ4n) is 5.09. The molecule has 0 unspecified atom stereocenters. The number of nitrogens with zero attached hydrogens (tertiary/aromatic N) is 2. The van der Waals surface area contributed by atoms with Gasteiger partial charge in [-0.3, -0.25) is 0 Å². The molecule has 4 atom stereocenters. The van der Waals surface area contributed by atoms with E-state index in [4.69, 9.17) is 32.7 Å². The highest BCUT2D eigenvalue weighted by atomic mass is 35.5. The van der Waals surface area contributed by atoms with Crippen LogP contribution in [0.15, 0.2) is 79.1 Å². The highest BCUT2D eigenvalue weighted by molar-refractivity contribution is 6.40. The number of ether oxygens (including phenoxy) is 2. The second kappa shape index (κ2) is 13.7. The van der Waals surface area contributed by atoms with E-state index in [0.29, 0.717) is 24.8 Å². The zero-order valence-electron chi connectivity index (χ0n) is 23.5. The van der Waals surface area contributed by atoms with Gasteiger partial charge in [0.2, 0.25) is 0 Å². The highest BCUT2D eigenvalue weighted by Crippen LogP contribution is 2.42. The average Bonchev–Trinajstić information content (AvgIpc) is 3.33. The monoisotopic (exact) mass is 608 g/mol. The molecule has 4 aromatic rings. The Morgan fingerprint density at radius 3 is 2.36 bits per heavy atom. The third-order valence-electron chi connectivity index (χ3n) is 7.47. The molecule has 3 aromatic carbocycles. The number of halogens is 2. The maximum Gasteiger partial charge on any atom is 0.315 e. The van der Waals surface area contributed by atoms with Crippen molar-refractivity contribution in [1.29, 1.82) is 0 Å². The molecule has 8 nitrogen and oxygen atoms in total. The summed E-state index contributed by atoms with van der Waals surface area (Å²) in [4.78, 5) is 15.9. The number of aliphatic hydroxyl groups excluding tert-OH is 1. The van der Waals surface area contributed by atoms with Crippen LogP contribution in [0.1, 0.15) is 48.5 Å². The van der Waals surface area contributed by atoms with E-state index in [-0.39, 0.29) is 35.9 Å². The number of carbonyl (C=O) groups is 1. The van der Waals surface area contributed by atoms with Gasteiger partial charge in [-0.05, 0) is 40.8 Å². The molecule has 1 aromatic heterocycles. The van der Waals surface area contributed by atoms with E-state index < -0.39 is 6.29 Å². The quantitative estimate of drug-likeness (QED) is 0.197. The predicted molar refractivity (Wildman–Crippen MR) is 163 cm³/mol. The van der Waals surface area contributed by atoms with Crippen LogP contribution in [-0.2, 0) is 29.2 Å². The van der Waals surface area contributed by atoms with Crippen molar-refractivity contribution in [1.82, 2.24) is 20.2 Å². The largest absolute Gasteiger partial charge is 0.392 e. The minimum atomic E-state index is -0.617. The number of hydrogen-bond acceptors (Lipinski definition) is 5. The first-order valence-electron chi connectivity index (χ1n) is 13.9. The van der Waals surface area contributed by atoms with Crippen LogP contribution in [0.5, 0.6) is 0 Å². The number of aliphatic hydroxyl groups is 1. The van der Waals surface area contributed by atoms with Gasteiger partial charge in [-0.1, -0.05) is 96.9 Å². The Labute approximate surface area is 255 Å². The summed E-state index contributed by atoms with van der Waals surface area (Å²) in [6, 6.07) is 23.8.